The van der Waals surface area contributed by atoms with Crippen molar-refractivity contribution in [2.45, 2.75) is 0 Å². The van der Waals surface area contributed by atoms with E-state index in [1.807, 2.05) is 12.1 Å². The van der Waals surface area contributed by atoms with Crippen molar-refractivity contribution in [1.82, 2.24) is 0 Å². The van der Waals surface area contributed by atoms with Gasteiger partial charge in [0.25, 0.3) is 0 Å². The van der Waals surface area contributed by atoms with Gasteiger partial charge in [-0.15, -0.1) is 0 Å². The molecule has 23 heavy (non-hydrogen) atoms. The first kappa shape index (κ1) is 17.6. The third kappa shape index (κ3) is 3.28. The van der Waals surface area contributed by atoms with Crippen molar-refractivity contribution < 1.29 is 32.9 Å². The molecular weight excluding hydrogens is 305 g/mol. The molecule has 0 aliphatic heterocycles. The molecule has 0 N–H and O–H groups in total. The van der Waals surface area contributed by atoms with Crippen molar-refractivity contribution in [3.8, 4) is 5.75 Å². The van der Waals surface area contributed by atoms with Gasteiger partial charge in [-0.3, -0.25) is 0 Å². The van der Waals surface area contributed by atoms with Gasteiger partial charge in [0.1, 0.15) is 5.82 Å². The Kier molecular flexibility index (Phi) is 5.49. The summed E-state index contributed by atoms with van der Waals surface area (Å²) in [4.78, 5) is 0. The molecule has 0 aliphatic carbocycles. The van der Waals surface area contributed by atoms with Crippen molar-refractivity contribution >= 4 is 23.1 Å². The summed E-state index contributed by atoms with van der Waals surface area (Å²) in [6.07, 6.45) is 0. The van der Waals surface area contributed by atoms with Crippen LogP contribution in [-0.2, 0) is 4.57 Å². The maximum absolute atomic E-state index is 13.8. The van der Waals surface area contributed by atoms with Crippen LogP contribution in [0.3, 0.4) is 0 Å². The van der Waals surface area contributed by atoms with Gasteiger partial charge in [0.15, 0.2) is 7.14 Å². The maximum Gasteiger partial charge on any atom is 1.00 e. The first-order valence-electron chi connectivity index (χ1n) is 6.81. The molecule has 3 aromatic carbocycles. The van der Waals surface area contributed by atoms with Gasteiger partial charge in [-0.25, -0.2) is 4.39 Å². The van der Waals surface area contributed by atoms with Crippen LogP contribution in [0, 0.1) is 5.82 Å². The van der Waals surface area contributed by atoms with E-state index in [2.05, 4.69) is 0 Å². The molecule has 0 radical (unpaired) electrons. The molecule has 3 rings (SSSR count). The summed E-state index contributed by atoms with van der Waals surface area (Å²) in [5, 5.41) is 13.3. The van der Waals surface area contributed by atoms with Crippen LogP contribution in [0.5, 0.6) is 5.75 Å². The molecule has 0 fully saturated rings. The third-order valence-electron chi connectivity index (χ3n) is 3.50. The third-order valence-corrected chi connectivity index (χ3v) is 6.58. The molecule has 0 saturated heterocycles. The normalized spacial score (nSPS) is 10.8. The van der Waals surface area contributed by atoms with E-state index in [0.717, 1.165) is 18.2 Å². The van der Waals surface area contributed by atoms with Crippen molar-refractivity contribution in [3.05, 3.63) is 84.7 Å². The minimum atomic E-state index is -3.39. The predicted molar refractivity (Wildman–Crippen MR) is 85.2 cm³/mol. The summed E-state index contributed by atoms with van der Waals surface area (Å²) in [7, 11) is -3.39. The molecular formula is C18H13FLiO2P. The Morgan fingerprint density at radius 1 is 0.783 bits per heavy atom. The summed E-state index contributed by atoms with van der Waals surface area (Å²) in [6.45, 7) is 0. The van der Waals surface area contributed by atoms with Crippen LogP contribution in [0.2, 0.25) is 0 Å². The second-order valence-electron chi connectivity index (χ2n) is 4.89. The summed E-state index contributed by atoms with van der Waals surface area (Å²) < 4.78 is 27.5. The van der Waals surface area contributed by atoms with E-state index in [9.17, 15) is 14.1 Å². The molecule has 0 unspecified atom stereocenters. The van der Waals surface area contributed by atoms with E-state index < -0.39 is 18.7 Å². The summed E-state index contributed by atoms with van der Waals surface area (Å²) in [5.74, 6) is -0.987. The smallest absolute Gasteiger partial charge is 0.872 e. The van der Waals surface area contributed by atoms with Crippen LogP contribution in [0.1, 0.15) is 0 Å². The predicted octanol–water partition coefficient (Wildman–Crippen LogP) is -0.457. The second-order valence-corrected chi connectivity index (χ2v) is 7.63. The Labute approximate surface area is 146 Å². The monoisotopic (exact) mass is 318 g/mol. The molecule has 0 atom stereocenters. The molecule has 0 saturated carbocycles. The van der Waals surface area contributed by atoms with E-state index in [4.69, 9.17) is 0 Å². The van der Waals surface area contributed by atoms with E-state index >= 15 is 0 Å². The number of rotatable bonds is 3. The van der Waals surface area contributed by atoms with Crippen LogP contribution in [0.4, 0.5) is 4.39 Å². The zero-order chi connectivity index (χ0) is 15.6. The molecule has 0 bridgehead atoms. The van der Waals surface area contributed by atoms with Crippen LogP contribution in [0.25, 0.3) is 0 Å². The van der Waals surface area contributed by atoms with Gasteiger partial charge < -0.3 is 9.67 Å². The van der Waals surface area contributed by atoms with Gasteiger partial charge in [-0.1, -0.05) is 72.5 Å². The topological polar surface area (TPSA) is 40.1 Å². The van der Waals surface area contributed by atoms with Gasteiger partial charge in [0, 0.05) is 15.9 Å². The fourth-order valence-corrected chi connectivity index (χ4v) is 5.17. The SMILES string of the molecule is O=P(c1ccccc1)(c1ccccc1)c1cc(F)ccc1[O-].[Li+]. The average molecular weight is 318 g/mol. The number of halogens is 1. The van der Waals surface area contributed by atoms with Crippen LogP contribution in [-0.4, -0.2) is 0 Å². The minimum absolute atomic E-state index is 0. The van der Waals surface area contributed by atoms with Crippen LogP contribution >= 0.6 is 7.14 Å². The van der Waals surface area contributed by atoms with Crippen molar-refractivity contribution in [2.24, 2.45) is 0 Å². The molecule has 0 heterocycles. The van der Waals surface area contributed by atoms with Gasteiger partial charge >= 0.3 is 18.9 Å². The van der Waals surface area contributed by atoms with Crippen LogP contribution < -0.4 is 39.9 Å². The average Bonchev–Trinajstić information content (AvgIpc) is 2.58. The van der Waals surface area contributed by atoms with Crippen molar-refractivity contribution in [1.29, 1.82) is 0 Å². The molecule has 3 aromatic rings. The first-order chi connectivity index (χ1) is 10.6. The van der Waals surface area contributed by atoms with Gasteiger partial charge in [0.05, 0.1) is 0 Å². The molecule has 0 aliphatic rings. The minimum Gasteiger partial charge on any atom is -0.872 e. The molecule has 0 spiro atoms. The van der Waals surface area contributed by atoms with Gasteiger partial charge in [-0.2, -0.15) is 0 Å². The molecule has 0 amide bonds. The standard InChI is InChI=1S/C18H14FO2P.Li/c19-14-11-12-17(20)18(13-14)22(21,15-7-3-1-4-8-15)16-9-5-2-6-10-16;/h1-13,20H;/q;+1/p-1. The molecule has 5 heteroatoms. The van der Waals surface area contributed by atoms with Gasteiger partial charge in [-0.05, 0) is 12.1 Å². The van der Waals surface area contributed by atoms with Crippen molar-refractivity contribution in [3.63, 3.8) is 0 Å². The first-order valence-corrected chi connectivity index (χ1v) is 8.51. The Hall–Kier alpha value is -1.78. The molecule has 2 nitrogen and oxygen atoms in total. The summed E-state index contributed by atoms with van der Waals surface area (Å²) in [6, 6.07) is 20.8. The Bertz CT molecular complexity index is 795. The quantitative estimate of drug-likeness (QED) is 0.484. The largest absolute Gasteiger partial charge is 1.00 e. The zero-order valence-electron chi connectivity index (χ0n) is 12.6. The fourth-order valence-electron chi connectivity index (χ4n) is 2.44. The number of hydrogen-bond donors (Lipinski definition) is 0. The molecule has 0 aromatic heterocycles. The van der Waals surface area contributed by atoms with Crippen molar-refractivity contribution in [2.75, 3.05) is 0 Å². The van der Waals surface area contributed by atoms with E-state index in [0.29, 0.717) is 10.6 Å². The van der Waals surface area contributed by atoms with E-state index in [-0.39, 0.29) is 24.2 Å². The number of hydrogen-bond acceptors (Lipinski definition) is 2. The zero-order valence-corrected chi connectivity index (χ0v) is 13.5. The Morgan fingerprint density at radius 2 is 1.26 bits per heavy atom. The van der Waals surface area contributed by atoms with E-state index in [1.54, 1.807) is 48.5 Å². The number of benzene rings is 3. The summed E-state index contributed by atoms with van der Waals surface area (Å²) in [5.41, 5.74) is 0. The Balaban J connectivity index is 0.00000192. The molecule has 110 valence electrons. The van der Waals surface area contributed by atoms with Crippen LogP contribution in [0.15, 0.2) is 78.9 Å². The Morgan fingerprint density at radius 3 is 1.74 bits per heavy atom. The maximum atomic E-state index is 13.8. The van der Waals surface area contributed by atoms with E-state index in [1.165, 1.54) is 0 Å². The second kappa shape index (κ2) is 7.19. The summed E-state index contributed by atoms with van der Waals surface area (Å²) >= 11 is 0. The van der Waals surface area contributed by atoms with Gasteiger partial charge in [0.2, 0.25) is 0 Å². The fraction of sp³-hybridized carbons (Fsp3) is 0.